The van der Waals surface area contributed by atoms with Crippen molar-refractivity contribution in [2.45, 2.75) is 23.9 Å². The van der Waals surface area contributed by atoms with Gasteiger partial charge in [-0.2, -0.15) is 13.2 Å². The monoisotopic (exact) mass is 396 g/mol. The van der Waals surface area contributed by atoms with Crippen LogP contribution in [0.5, 0.6) is 0 Å². The zero-order chi connectivity index (χ0) is 19.7. The van der Waals surface area contributed by atoms with E-state index in [1.54, 1.807) is 36.0 Å². The standard InChI is InChI=1S/C19H19F3N2O2S/c20-19(21,22)13-23-18(26)12-14-6-8-15(9-7-14)24-17(25)10-11-27-16-4-2-1-3-5-16/h1-9H,10-13H2,(H,23,26)(H,24,25). The number of halogens is 3. The average Bonchev–Trinajstić information content (AvgIpc) is 2.62. The Kier molecular flexibility index (Phi) is 7.72. The largest absolute Gasteiger partial charge is 0.405 e. The summed E-state index contributed by atoms with van der Waals surface area (Å²) in [7, 11) is 0. The van der Waals surface area contributed by atoms with Crippen LogP contribution in [0, 0.1) is 0 Å². The van der Waals surface area contributed by atoms with Crippen molar-refractivity contribution in [2.24, 2.45) is 0 Å². The molecule has 2 aromatic carbocycles. The molecule has 0 aliphatic carbocycles. The van der Waals surface area contributed by atoms with Crippen LogP contribution in [0.25, 0.3) is 0 Å². The highest BCUT2D eigenvalue weighted by Gasteiger charge is 2.27. The molecule has 0 saturated heterocycles. The fourth-order valence-corrected chi connectivity index (χ4v) is 3.03. The first-order chi connectivity index (χ1) is 12.8. The summed E-state index contributed by atoms with van der Waals surface area (Å²) in [5, 5.41) is 4.57. The smallest absolute Gasteiger partial charge is 0.347 e. The number of carbonyl (C=O) groups excluding carboxylic acids is 2. The van der Waals surface area contributed by atoms with Crippen LogP contribution < -0.4 is 10.6 Å². The Morgan fingerprint density at radius 3 is 2.22 bits per heavy atom. The number of rotatable bonds is 8. The molecule has 0 heterocycles. The summed E-state index contributed by atoms with van der Waals surface area (Å²) < 4.78 is 36.2. The molecular formula is C19H19F3N2O2S. The number of thioether (sulfide) groups is 1. The third-order valence-corrected chi connectivity index (χ3v) is 4.44. The SMILES string of the molecule is O=C(Cc1ccc(NC(=O)CCSc2ccccc2)cc1)NCC(F)(F)F. The topological polar surface area (TPSA) is 58.2 Å². The molecule has 0 aliphatic rings. The van der Waals surface area contributed by atoms with Crippen LogP contribution in [0.4, 0.5) is 18.9 Å². The quantitative estimate of drug-likeness (QED) is 0.663. The van der Waals surface area contributed by atoms with E-state index in [0.29, 0.717) is 23.4 Å². The molecule has 2 aromatic rings. The number of alkyl halides is 3. The lowest BCUT2D eigenvalue weighted by Gasteiger charge is -2.09. The summed E-state index contributed by atoms with van der Waals surface area (Å²) in [6.45, 7) is -1.35. The van der Waals surface area contributed by atoms with E-state index in [1.165, 1.54) is 0 Å². The zero-order valence-corrected chi connectivity index (χ0v) is 15.2. The van der Waals surface area contributed by atoms with Gasteiger partial charge >= 0.3 is 6.18 Å². The Morgan fingerprint density at radius 1 is 0.926 bits per heavy atom. The van der Waals surface area contributed by atoms with Crippen LogP contribution in [0.2, 0.25) is 0 Å². The maximum absolute atomic E-state index is 12.1. The van der Waals surface area contributed by atoms with Gasteiger partial charge in [-0.15, -0.1) is 11.8 Å². The predicted molar refractivity (Wildman–Crippen MR) is 99.6 cm³/mol. The van der Waals surface area contributed by atoms with Gasteiger partial charge in [-0.3, -0.25) is 9.59 Å². The summed E-state index contributed by atoms with van der Waals surface area (Å²) >= 11 is 1.59. The van der Waals surface area contributed by atoms with Crippen LogP contribution in [-0.4, -0.2) is 30.3 Å². The molecule has 8 heteroatoms. The summed E-state index contributed by atoms with van der Waals surface area (Å²) in [5.41, 5.74) is 1.14. The van der Waals surface area contributed by atoms with E-state index < -0.39 is 18.6 Å². The minimum absolute atomic E-state index is 0.130. The number of nitrogens with one attached hydrogen (secondary N) is 2. The molecule has 144 valence electrons. The maximum atomic E-state index is 12.1. The molecule has 0 aliphatic heterocycles. The second-order valence-electron chi connectivity index (χ2n) is 5.73. The second-order valence-corrected chi connectivity index (χ2v) is 6.89. The Labute approximate surface area is 159 Å². The lowest BCUT2D eigenvalue weighted by Crippen LogP contribution is -2.34. The van der Waals surface area contributed by atoms with Gasteiger partial charge in [0.15, 0.2) is 0 Å². The van der Waals surface area contributed by atoms with Gasteiger partial charge in [0, 0.05) is 22.8 Å². The van der Waals surface area contributed by atoms with Crippen molar-refractivity contribution in [3.8, 4) is 0 Å². The highest BCUT2D eigenvalue weighted by atomic mass is 32.2. The molecule has 2 rings (SSSR count). The van der Waals surface area contributed by atoms with Crippen LogP contribution in [-0.2, 0) is 16.0 Å². The van der Waals surface area contributed by atoms with E-state index in [1.807, 2.05) is 35.6 Å². The van der Waals surface area contributed by atoms with Crippen molar-refractivity contribution in [3.05, 3.63) is 60.2 Å². The van der Waals surface area contributed by atoms with E-state index in [-0.39, 0.29) is 12.3 Å². The molecule has 0 radical (unpaired) electrons. The number of hydrogen-bond acceptors (Lipinski definition) is 3. The first-order valence-corrected chi connectivity index (χ1v) is 9.20. The normalized spacial score (nSPS) is 11.1. The van der Waals surface area contributed by atoms with Crippen LogP contribution >= 0.6 is 11.8 Å². The third kappa shape index (κ3) is 8.63. The lowest BCUT2D eigenvalue weighted by atomic mass is 10.1. The maximum Gasteiger partial charge on any atom is 0.405 e. The Bertz CT molecular complexity index is 750. The van der Waals surface area contributed by atoms with Gasteiger partial charge in [-0.05, 0) is 29.8 Å². The lowest BCUT2D eigenvalue weighted by molar-refractivity contribution is -0.138. The summed E-state index contributed by atoms with van der Waals surface area (Å²) in [4.78, 5) is 24.5. The second kappa shape index (κ2) is 10.0. The molecule has 0 saturated carbocycles. The summed E-state index contributed by atoms with van der Waals surface area (Å²) in [6.07, 6.45) is -4.23. The predicted octanol–water partition coefficient (Wildman–Crippen LogP) is 4.03. The van der Waals surface area contributed by atoms with Crippen LogP contribution in [0.1, 0.15) is 12.0 Å². The highest BCUT2D eigenvalue weighted by Crippen LogP contribution is 2.18. The zero-order valence-electron chi connectivity index (χ0n) is 14.4. The van der Waals surface area contributed by atoms with Crippen molar-refractivity contribution in [1.82, 2.24) is 5.32 Å². The minimum atomic E-state index is -4.43. The van der Waals surface area contributed by atoms with Crippen molar-refractivity contribution < 1.29 is 22.8 Å². The fourth-order valence-electron chi connectivity index (χ4n) is 2.15. The molecule has 0 bridgehead atoms. The summed E-state index contributed by atoms with van der Waals surface area (Å²) in [6, 6.07) is 16.2. The molecule has 2 N–H and O–H groups in total. The van der Waals surface area contributed by atoms with Gasteiger partial charge in [-0.25, -0.2) is 0 Å². The van der Waals surface area contributed by atoms with Crippen LogP contribution in [0.15, 0.2) is 59.5 Å². The average molecular weight is 396 g/mol. The molecule has 0 spiro atoms. The molecule has 4 nitrogen and oxygen atoms in total. The molecule has 27 heavy (non-hydrogen) atoms. The molecule has 2 amide bonds. The van der Waals surface area contributed by atoms with E-state index in [9.17, 15) is 22.8 Å². The van der Waals surface area contributed by atoms with Crippen LogP contribution in [0.3, 0.4) is 0 Å². The molecule has 0 fully saturated rings. The van der Waals surface area contributed by atoms with E-state index in [2.05, 4.69) is 5.32 Å². The Hall–Kier alpha value is -2.48. The first-order valence-electron chi connectivity index (χ1n) is 8.22. The van der Waals surface area contributed by atoms with E-state index in [4.69, 9.17) is 0 Å². The molecular weight excluding hydrogens is 377 g/mol. The minimum Gasteiger partial charge on any atom is -0.347 e. The van der Waals surface area contributed by atoms with E-state index >= 15 is 0 Å². The Balaban J connectivity index is 1.72. The third-order valence-electron chi connectivity index (χ3n) is 3.43. The summed E-state index contributed by atoms with van der Waals surface area (Å²) in [5.74, 6) is -0.191. The molecule has 0 atom stereocenters. The Morgan fingerprint density at radius 2 is 1.59 bits per heavy atom. The molecule has 0 unspecified atom stereocenters. The fraction of sp³-hybridized carbons (Fsp3) is 0.263. The van der Waals surface area contributed by atoms with Gasteiger partial charge in [-0.1, -0.05) is 30.3 Å². The number of anilines is 1. The van der Waals surface area contributed by atoms with Gasteiger partial charge in [0.25, 0.3) is 0 Å². The van der Waals surface area contributed by atoms with Crippen molar-refractivity contribution >= 4 is 29.3 Å². The van der Waals surface area contributed by atoms with Gasteiger partial charge < -0.3 is 10.6 Å². The number of benzene rings is 2. The molecule has 0 aromatic heterocycles. The van der Waals surface area contributed by atoms with Crippen molar-refractivity contribution in [2.75, 3.05) is 17.6 Å². The van der Waals surface area contributed by atoms with Gasteiger partial charge in [0.2, 0.25) is 11.8 Å². The highest BCUT2D eigenvalue weighted by molar-refractivity contribution is 7.99. The van der Waals surface area contributed by atoms with Crippen molar-refractivity contribution in [3.63, 3.8) is 0 Å². The number of carbonyl (C=O) groups is 2. The van der Waals surface area contributed by atoms with Gasteiger partial charge in [0.05, 0.1) is 6.42 Å². The van der Waals surface area contributed by atoms with Crippen molar-refractivity contribution in [1.29, 1.82) is 0 Å². The number of amides is 2. The first kappa shape index (κ1) is 20.8. The number of hydrogen-bond donors (Lipinski definition) is 2. The van der Waals surface area contributed by atoms with E-state index in [0.717, 1.165) is 4.90 Å². The van der Waals surface area contributed by atoms with Gasteiger partial charge in [0.1, 0.15) is 6.54 Å².